The zero-order valence-electron chi connectivity index (χ0n) is 16.2. The molecule has 0 heterocycles. The monoisotopic (exact) mass is 302 g/mol. The molecule has 0 amide bonds. The van der Waals surface area contributed by atoms with Gasteiger partial charge < -0.3 is 0 Å². The molecule has 0 fully saturated rings. The molecule has 22 heavy (non-hydrogen) atoms. The number of hydrogen-bond acceptors (Lipinski definition) is 2. The zero-order chi connectivity index (χ0) is 17.4. The Labute approximate surface area is 137 Å². The minimum atomic E-state index is 0.267. The van der Waals surface area contributed by atoms with Gasteiger partial charge in [-0.2, -0.15) is 0 Å². The molecule has 1 aromatic rings. The molecule has 0 aliphatic carbocycles. The molecule has 124 valence electrons. The van der Waals surface area contributed by atoms with Crippen LogP contribution in [0.1, 0.15) is 74.0 Å². The lowest BCUT2D eigenvalue weighted by atomic mass is 9.87. The normalized spacial score (nSPS) is 12.9. The molecule has 1 atom stereocenters. The fourth-order valence-electron chi connectivity index (χ4n) is 2.75. The first-order valence-corrected chi connectivity index (χ1v) is 8.21. The Balaban J connectivity index is 0.000000626. The van der Waals surface area contributed by atoms with Crippen LogP contribution in [0.5, 0.6) is 0 Å². The third-order valence-electron chi connectivity index (χ3n) is 4.30. The summed E-state index contributed by atoms with van der Waals surface area (Å²) in [5, 5.41) is 0. The Morgan fingerprint density at radius 2 is 1.00 bits per heavy atom. The summed E-state index contributed by atoms with van der Waals surface area (Å²) in [5.74, 6) is 0. The van der Waals surface area contributed by atoms with Gasteiger partial charge >= 0.3 is 0 Å². The molecule has 0 saturated heterocycles. The first-order chi connectivity index (χ1) is 10.2. The summed E-state index contributed by atoms with van der Waals surface area (Å²) in [6, 6.07) is 0.734. The average Bonchev–Trinajstić information content (AvgIpc) is 2.44. The van der Waals surface area contributed by atoms with Gasteiger partial charge in [0.05, 0.1) is 6.04 Å². The van der Waals surface area contributed by atoms with Crippen LogP contribution < -0.4 is 0 Å². The van der Waals surface area contributed by atoms with Crippen molar-refractivity contribution in [2.75, 3.05) is 0 Å². The van der Waals surface area contributed by atoms with Crippen LogP contribution in [0.4, 0.5) is 0 Å². The molecule has 0 saturated carbocycles. The van der Waals surface area contributed by atoms with Gasteiger partial charge in [0.2, 0.25) is 0 Å². The van der Waals surface area contributed by atoms with Crippen molar-refractivity contribution in [3.8, 4) is 0 Å². The van der Waals surface area contributed by atoms with Crippen molar-refractivity contribution in [1.82, 2.24) is 0 Å². The Morgan fingerprint density at radius 3 is 1.27 bits per heavy atom. The van der Waals surface area contributed by atoms with Gasteiger partial charge in [0.25, 0.3) is 0 Å². The van der Waals surface area contributed by atoms with Crippen molar-refractivity contribution < 1.29 is 0 Å². The second-order valence-corrected chi connectivity index (χ2v) is 6.12. The smallest absolute Gasteiger partial charge is 0.0722 e. The Bertz CT molecular complexity index is 508. The van der Waals surface area contributed by atoms with Crippen molar-refractivity contribution in [3.63, 3.8) is 0 Å². The molecule has 0 bridgehead atoms. The predicted molar refractivity (Wildman–Crippen MR) is 102 cm³/mol. The summed E-state index contributed by atoms with van der Waals surface area (Å²) in [6.45, 7) is 21.3. The lowest BCUT2D eigenvalue weighted by Crippen LogP contribution is -2.05. The van der Waals surface area contributed by atoms with Gasteiger partial charge in [0.1, 0.15) is 0 Å². The van der Waals surface area contributed by atoms with Crippen LogP contribution in [0.25, 0.3) is 0 Å². The van der Waals surface area contributed by atoms with Crippen molar-refractivity contribution >= 4 is 12.4 Å². The number of rotatable bonds is 3. The Kier molecular flexibility index (Phi) is 8.93. The van der Waals surface area contributed by atoms with Crippen LogP contribution in [0.2, 0.25) is 0 Å². The van der Waals surface area contributed by atoms with E-state index in [4.69, 9.17) is 0 Å². The van der Waals surface area contributed by atoms with Crippen molar-refractivity contribution in [3.05, 3.63) is 33.4 Å². The van der Waals surface area contributed by atoms with Gasteiger partial charge in [-0.3, -0.25) is 9.98 Å². The number of aliphatic imine (C=N–C) groups is 2. The molecule has 0 aliphatic heterocycles. The highest BCUT2D eigenvalue weighted by molar-refractivity contribution is 5.56. The van der Waals surface area contributed by atoms with Crippen LogP contribution in [0, 0.1) is 34.6 Å². The molecule has 0 aromatic heterocycles. The SMILES string of the molecule is CC=NC(C)C.CC=NC(C)c1c(C)c(C)c(C)c(C)c1C. The van der Waals surface area contributed by atoms with E-state index in [1.54, 1.807) is 0 Å². The molecule has 0 spiro atoms. The summed E-state index contributed by atoms with van der Waals surface area (Å²) < 4.78 is 0. The van der Waals surface area contributed by atoms with E-state index < -0.39 is 0 Å². The van der Waals surface area contributed by atoms with E-state index in [2.05, 4.69) is 65.4 Å². The highest BCUT2D eigenvalue weighted by atomic mass is 14.8. The predicted octanol–water partition coefficient (Wildman–Crippen LogP) is 5.87. The lowest BCUT2D eigenvalue weighted by molar-refractivity contribution is 0.800. The van der Waals surface area contributed by atoms with Gasteiger partial charge in [-0.1, -0.05) is 0 Å². The maximum absolute atomic E-state index is 4.50. The van der Waals surface area contributed by atoms with Crippen molar-refractivity contribution in [2.24, 2.45) is 9.98 Å². The van der Waals surface area contributed by atoms with Crippen LogP contribution in [0.15, 0.2) is 9.98 Å². The number of benzene rings is 1. The molecule has 2 heteroatoms. The number of hydrogen-bond donors (Lipinski definition) is 0. The lowest BCUT2D eigenvalue weighted by Gasteiger charge is -2.21. The quantitative estimate of drug-likeness (QED) is 0.624. The van der Waals surface area contributed by atoms with E-state index in [1.165, 1.54) is 33.4 Å². The molecule has 1 unspecified atom stereocenters. The zero-order valence-corrected chi connectivity index (χ0v) is 16.2. The van der Waals surface area contributed by atoms with Gasteiger partial charge in [-0.05, 0) is 115 Å². The molecule has 0 aliphatic rings. The molecular formula is C20H34N2. The van der Waals surface area contributed by atoms with Crippen LogP contribution in [0.3, 0.4) is 0 Å². The largest absolute Gasteiger partial charge is 0.295 e. The molecule has 0 radical (unpaired) electrons. The highest BCUT2D eigenvalue weighted by Gasteiger charge is 2.15. The minimum Gasteiger partial charge on any atom is -0.295 e. The molecule has 1 aromatic carbocycles. The topological polar surface area (TPSA) is 24.7 Å². The molecule has 0 N–H and O–H groups in total. The van der Waals surface area contributed by atoms with E-state index in [9.17, 15) is 0 Å². The van der Waals surface area contributed by atoms with Gasteiger partial charge in [-0.25, -0.2) is 0 Å². The summed E-state index contributed by atoms with van der Waals surface area (Å²) in [6.07, 6.45) is 3.72. The van der Waals surface area contributed by atoms with Gasteiger partial charge in [0.15, 0.2) is 0 Å². The molecular weight excluding hydrogens is 268 g/mol. The number of nitrogens with zero attached hydrogens (tertiary/aromatic N) is 2. The second kappa shape index (κ2) is 9.55. The first kappa shape index (κ1) is 20.6. The van der Waals surface area contributed by atoms with E-state index >= 15 is 0 Å². The summed E-state index contributed by atoms with van der Waals surface area (Å²) in [5.41, 5.74) is 8.45. The van der Waals surface area contributed by atoms with E-state index in [1.807, 2.05) is 26.3 Å². The summed E-state index contributed by atoms with van der Waals surface area (Å²) in [7, 11) is 0. The van der Waals surface area contributed by atoms with Crippen LogP contribution in [-0.2, 0) is 0 Å². The van der Waals surface area contributed by atoms with E-state index in [0.29, 0.717) is 6.04 Å². The third-order valence-corrected chi connectivity index (χ3v) is 4.30. The average molecular weight is 303 g/mol. The molecule has 1 rings (SSSR count). The van der Waals surface area contributed by atoms with E-state index in [-0.39, 0.29) is 6.04 Å². The fraction of sp³-hybridized carbons (Fsp3) is 0.600. The van der Waals surface area contributed by atoms with E-state index in [0.717, 1.165) is 0 Å². The van der Waals surface area contributed by atoms with Crippen molar-refractivity contribution in [2.45, 2.75) is 81.3 Å². The van der Waals surface area contributed by atoms with Crippen molar-refractivity contribution in [1.29, 1.82) is 0 Å². The van der Waals surface area contributed by atoms with Crippen LogP contribution >= 0.6 is 0 Å². The van der Waals surface area contributed by atoms with Gasteiger partial charge in [-0.15, -0.1) is 0 Å². The molecule has 2 nitrogen and oxygen atoms in total. The minimum absolute atomic E-state index is 0.267. The summed E-state index contributed by atoms with van der Waals surface area (Å²) >= 11 is 0. The Morgan fingerprint density at radius 1 is 0.636 bits per heavy atom. The maximum atomic E-state index is 4.50. The first-order valence-electron chi connectivity index (χ1n) is 8.21. The standard InChI is InChI=1S/C15H23N.C5H11N/c1-8-16-14(7)15-12(5)10(3)9(2)11(4)13(15)6;1-4-6-5(2)3/h8,14H,1-7H3;4-5H,1-3H3. The maximum Gasteiger partial charge on any atom is 0.0722 e. The van der Waals surface area contributed by atoms with Crippen LogP contribution in [-0.4, -0.2) is 18.5 Å². The van der Waals surface area contributed by atoms with Gasteiger partial charge in [0, 0.05) is 6.04 Å². The Hall–Kier alpha value is -1.44. The summed E-state index contributed by atoms with van der Waals surface area (Å²) in [4.78, 5) is 8.50. The highest BCUT2D eigenvalue weighted by Crippen LogP contribution is 2.31. The fourth-order valence-corrected chi connectivity index (χ4v) is 2.75. The second-order valence-electron chi connectivity index (χ2n) is 6.12. The third kappa shape index (κ3) is 5.40.